The van der Waals surface area contributed by atoms with Gasteiger partial charge in [0.1, 0.15) is 0 Å². The minimum absolute atomic E-state index is 0.517. The van der Waals surface area contributed by atoms with Gasteiger partial charge >= 0.3 is 0 Å². The van der Waals surface area contributed by atoms with Crippen molar-refractivity contribution in [2.24, 2.45) is 4.40 Å². The number of halogens is 2. The Hall–Kier alpha value is -1.43. The summed E-state index contributed by atoms with van der Waals surface area (Å²) < 4.78 is 4.44. The number of pyridine rings is 1. The van der Waals surface area contributed by atoms with Crippen LogP contribution in [0.1, 0.15) is 0 Å². The highest BCUT2D eigenvalue weighted by Gasteiger charge is 2.18. The van der Waals surface area contributed by atoms with E-state index in [-0.39, 0.29) is 0 Å². The molecule has 0 amide bonds. The van der Waals surface area contributed by atoms with Crippen LogP contribution in [0.15, 0.2) is 46.0 Å². The third kappa shape index (κ3) is 2.57. The first-order chi connectivity index (χ1) is 9.65. The third-order valence-electron chi connectivity index (χ3n) is 2.85. The zero-order valence-corrected chi connectivity index (χ0v) is 12.8. The van der Waals surface area contributed by atoms with Gasteiger partial charge in [-0.3, -0.25) is 4.98 Å². The molecule has 0 bridgehead atoms. The topological polar surface area (TPSA) is 40.5 Å². The van der Waals surface area contributed by atoms with Crippen LogP contribution < -0.4 is 10.2 Å². The molecule has 4 nitrogen and oxygen atoms in total. The van der Waals surface area contributed by atoms with Crippen LogP contribution in [-0.4, -0.2) is 18.0 Å². The summed E-state index contributed by atoms with van der Waals surface area (Å²) in [6.45, 7) is 0. The molecule has 7 heteroatoms. The van der Waals surface area contributed by atoms with E-state index in [2.05, 4.69) is 14.7 Å². The fourth-order valence-electron chi connectivity index (χ4n) is 1.76. The van der Waals surface area contributed by atoms with E-state index in [1.54, 1.807) is 24.5 Å². The van der Waals surface area contributed by atoms with E-state index in [0.29, 0.717) is 16.0 Å². The van der Waals surface area contributed by atoms with Gasteiger partial charge in [0, 0.05) is 25.2 Å². The Labute approximate surface area is 131 Å². The first-order valence-electron chi connectivity index (χ1n) is 5.80. The van der Waals surface area contributed by atoms with Crippen molar-refractivity contribution in [3.8, 4) is 0 Å². The van der Waals surface area contributed by atoms with Crippen LogP contribution in [0.2, 0.25) is 10.0 Å². The number of hydrogen-bond donors (Lipinski definition) is 1. The van der Waals surface area contributed by atoms with Crippen molar-refractivity contribution in [2.75, 3.05) is 17.3 Å². The molecule has 0 spiro atoms. The minimum Gasteiger partial charge on any atom is -0.324 e. The number of hydrogen-bond acceptors (Lipinski definition) is 5. The lowest BCUT2D eigenvalue weighted by atomic mass is 10.3. The van der Waals surface area contributed by atoms with E-state index < -0.39 is 0 Å². The second-order valence-electron chi connectivity index (χ2n) is 4.16. The van der Waals surface area contributed by atoms with E-state index >= 15 is 0 Å². The summed E-state index contributed by atoms with van der Waals surface area (Å²) in [6, 6.07) is 7.46. The summed E-state index contributed by atoms with van der Waals surface area (Å²) in [5.74, 6) is 0.717. The van der Waals surface area contributed by atoms with Crippen LogP contribution in [0, 0.1) is 0 Å². The molecule has 0 unspecified atom stereocenters. The van der Waals surface area contributed by atoms with Crippen LogP contribution in [0.4, 0.5) is 11.4 Å². The maximum atomic E-state index is 6.05. The van der Waals surface area contributed by atoms with Crippen molar-refractivity contribution >= 4 is 52.5 Å². The molecule has 0 fully saturated rings. The molecule has 1 aromatic heterocycles. The Morgan fingerprint density at radius 2 is 2.05 bits per heavy atom. The quantitative estimate of drug-likeness (QED) is 0.793. The average Bonchev–Trinajstić information content (AvgIpc) is 2.48. The molecule has 102 valence electrons. The molecule has 0 radical (unpaired) electrons. The van der Waals surface area contributed by atoms with Gasteiger partial charge in [0.15, 0.2) is 0 Å². The molecule has 0 aliphatic carbocycles. The molecule has 20 heavy (non-hydrogen) atoms. The van der Waals surface area contributed by atoms with E-state index in [9.17, 15) is 0 Å². The summed E-state index contributed by atoms with van der Waals surface area (Å²) in [4.78, 5) is 6.97. The van der Waals surface area contributed by atoms with Crippen molar-refractivity contribution < 1.29 is 0 Å². The van der Waals surface area contributed by atoms with Crippen LogP contribution in [0.5, 0.6) is 0 Å². The minimum atomic E-state index is 0.517. The zero-order valence-electron chi connectivity index (χ0n) is 10.5. The predicted molar refractivity (Wildman–Crippen MR) is 86.0 cm³/mol. The zero-order chi connectivity index (χ0) is 14.1. The monoisotopic (exact) mass is 324 g/mol. The Morgan fingerprint density at radius 3 is 2.80 bits per heavy atom. The molecule has 0 saturated carbocycles. The predicted octanol–water partition coefficient (Wildman–Crippen LogP) is 4.31. The van der Waals surface area contributed by atoms with Crippen molar-refractivity contribution in [3.05, 3.63) is 46.7 Å². The van der Waals surface area contributed by atoms with Crippen LogP contribution in [0.3, 0.4) is 0 Å². The lowest BCUT2D eigenvalue weighted by molar-refractivity contribution is 1.20. The smallest absolute Gasteiger partial charge is 0.214 e. The lowest BCUT2D eigenvalue weighted by Gasteiger charge is -2.25. The molecule has 1 aliphatic rings. The van der Waals surface area contributed by atoms with Crippen LogP contribution in [0.25, 0.3) is 0 Å². The number of aromatic nitrogens is 1. The molecule has 1 N–H and O–H groups in total. The Balaban J connectivity index is 1.88. The number of benzene rings is 1. The number of nitrogens with one attached hydrogen (secondary N) is 1. The molecule has 0 saturated heterocycles. The van der Waals surface area contributed by atoms with Gasteiger partial charge in [-0.25, -0.2) is 0 Å². The molecule has 1 aliphatic heterocycles. The summed E-state index contributed by atoms with van der Waals surface area (Å²) in [6.07, 6.45) is 3.51. The molecule has 3 rings (SSSR count). The third-order valence-corrected chi connectivity index (χ3v) is 4.37. The molecular formula is C13H10Cl2N4S. The molecule has 1 aromatic carbocycles. The van der Waals surface area contributed by atoms with Crippen molar-refractivity contribution in [1.29, 1.82) is 0 Å². The van der Waals surface area contributed by atoms with Crippen molar-refractivity contribution in [2.45, 2.75) is 4.90 Å². The van der Waals surface area contributed by atoms with Crippen molar-refractivity contribution in [1.82, 2.24) is 4.98 Å². The highest BCUT2D eigenvalue weighted by Crippen LogP contribution is 2.38. The fourth-order valence-corrected chi connectivity index (χ4v) is 2.88. The van der Waals surface area contributed by atoms with E-state index in [0.717, 1.165) is 16.3 Å². The van der Waals surface area contributed by atoms with E-state index in [1.807, 2.05) is 24.1 Å². The second-order valence-corrected chi connectivity index (χ2v) is 5.78. The maximum absolute atomic E-state index is 6.05. The summed E-state index contributed by atoms with van der Waals surface area (Å²) in [5, 5.41) is 4.29. The standard InChI is InChI=1S/C13H10Cl2N4S/c1-19(8-3-2-4-16-7-8)13-17-11-5-9(14)10(15)6-12(11)20-18-13/h2-7H,1H3,(H,17,18). The fraction of sp³-hybridized carbons (Fsp3) is 0.0769. The van der Waals surface area contributed by atoms with Gasteiger partial charge in [0.05, 0.1) is 32.5 Å². The first kappa shape index (κ1) is 13.5. The molecule has 2 heterocycles. The van der Waals surface area contributed by atoms with Crippen LogP contribution in [-0.2, 0) is 0 Å². The number of guanidine groups is 1. The highest BCUT2D eigenvalue weighted by atomic mass is 35.5. The van der Waals surface area contributed by atoms with Gasteiger partial charge in [-0.15, -0.1) is 0 Å². The molecule has 2 aromatic rings. The summed E-state index contributed by atoms with van der Waals surface area (Å²) >= 11 is 13.4. The Kier molecular flexibility index (Phi) is 3.74. The van der Waals surface area contributed by atoms with Gasteiger partial charge in [0.25, 0.3) is 0 Å². The second kappa shape index (κ2) is 5.52. The Morgan fingerprint density at radius 1 is 1.25 bits per heavy atom. The normalized spacial score (nSPS) is 13.2. The summed E-state index contributed by atoms with van der Waals surface area (Å²) in [7, 11) is 1.92. The van der Waals surface area contributed by atoms with Gasteiger partial charge in [-0.05, 0) is 24.3 Å². The first-order valence-corrected chi connectivity index (χ1v) is 7.33. The number of rotatable bonds is 1. The largest absolute Gasteiger partial charge is 0.324 e. The summed E-state index contributed by atoms with van der Waals surface area (Å²) in [5.41, 5.74) is 1.84. The highest BCUT2D eigenvalue weighted by molar-refractivity contribution is 7.98. The van der Waals surface area contributed by atoms with Gasteiger partial charge in [-0.2, -0.15) is 4.40 Å². The van der Waals surface area contributed by atoms with E-state index in [4.69, 9.17) is 23.2 Å². The average molecular weight is 325 g/mol. The number of anilines is 2. The molecule has 0 atom stereocenters. The van der Waals surface area contributed by atoms with Gasteiger partial charge < -0.3 is 10.2 Å². The SMILES string of the molecule is CN(C1=NSc2cc(Cl)c(Cl)cc2N1)c1cccnc1. The Bertz CT molecular complexity index is 676. The van der Waals surface area contributed by atoms with Crippen LogP contribution >= 0.6 is 35.1 Å². The van der Waals surface area contributed by atoms with Crippen molar-refractivity contribution in [3.63, 3.8) is 0 Å². The van der Waals surface area contributed by atoms with Gasteiger partial charge in [-0.1, -0.05) is 23.2 Å². The maximum Gasteiger partial charge on any atom is 0.214 e. The molecular weight excluding hydrogens is 315 g/mol. The lowest BCUT2D eigenvalue weighted by Crippen LogP contribution is -2.34. The van der Waals surface area contributed by atoms with Gasteiger partial charge in [0.2, 0.25) is 5.96 Å². The number of fused-ring (bicyclic) bond motifs is 1. The number of nitrogens with zero attached hydrogens (tertiary/aromatic N) is 3. The van der Waals surface area contributed by atoms with E-state index in [1.165, 1.54) is 11.9 Å².